The molecule has 0 aliphatic heterocycles. The molecule has 0 spiro atoms. The van der Waals surface area contributed by atoms with Crippen molar-refractivity contribution < 1.29 is 18.0 Å². The molecule has 0 heterocycles. The zero-order chi connectivity index (χ0) is 33.3. The van der Waals surface area contributed by atoms with Crippen LogP contribution in [0.3, 0.4) is 0 Å². The van der Waals surface area contributed by atoms with Gasteiger partial charge in [0.2, 0.25) is 11.8 Å². The number of carbonyl (C=O) groups excluding carboxylic acids is 2. The number of aryl methyl sites for hydroxylation is 2. The minimum absolute atomic E-state index is 0.0826. The van der Waals surface area contributed by atoms with E-state index in [1.807, 2.05) is 101 Å². The van der Waals surface area contributed by atoms with Crippen LogP contribution in [0.4, 0.5) is 5.69 Å². The molecule has 2 amide bonds. The Morgan fingerprint density at radius 1 is 0.826 bits per heavy atom. The Kier molecular flexibility index (Phi) is 12.1. The number of nitrogens with zero attached hydrogens (tertiary/aromatic N) is 2. The summed E-state index contributed by atoms with van der Waals surface area (Å²) in [6, 6.07) is 30.1. The van der Waals surface area contributed by atoms with E-state index in [0.29, 0.717) is 5.69 Å². The van der Waals surface area contributed by atoms with E-state index < -0.39 is 28.5 Å². The fourth-order valence-electron chi connectivity index (χ4n) is 5.12. The molecule has 2 atom stereocenters. The van der Waals surface area contributed by atoms with E-state index in [1.165, 1.54) is 16.7 Å². The maximum atomic E-state index is 14.6. The van der Waals surface area contributed by atoms with Crippen molar-refractivity contribution in [3.8, 4) is 0 Å². The molecule has 46 heavy (non-hydrogen) atoms. The van der Waals surface area contributed by atoms with Gasteiger partial charge in [-0.15, -0.1) is 11.8 Å². The molecule has 4 aromatic rings. The standard InChI is InChI=1S/C37H43N3O4S2/c1-6-29(4)38-37(42)35(24-30-12-8-7-9-13-30)39(25-31-14-10-11-28(3)23-31)36(41)26-40(32-17-15-27(2)16-18-32)46(43,44)34-21-19-33(45-5)20-22-34/h7-23,29,35H,6,24-26H2,1-5H3,(H,38,42)/t29-,35+/m1/s1. The summed E-state index contributed by atoms with van der Waals surface area (Å²) >= 11 is 1.52. The molecule has 4 rings (SSSR count). The molecule has 0 aliphatic rings. The van der Waals surface area contributed by atoms with E-state index in [0.717, 1.165) is 37.9 Å². The lowest BCUT2D eigenvalue weighted by atomic mass is 10.0. The summed E-state index contributed by atoms with van der Waals surface area (Å²) in [7, 11) is -4.15. The number of rotatable bonds is 14. The molecular formula is C37H43N3O4S2. The van der Waals surface area contributed by atoms with Gasteiger partial charge in [0.15, 0.2) is 0 Å². The van der Waals surface area contributed by atoms with Crippen LogP contribution in [0, 0.1) is 13.8 Å². The van der Waals surface area contributed by atoms with Gasteiger partial charge in [0.1, 0.15) is 12.6 Å². The van der Waals surface area contributed by atoms with E-state index in [4.69, 9.17) is 0 Å². The summed E-state index contributed by atoms with van der Waals surface area (Å²) in [4.78, 5) is 31.1. The van der Waals surface area contributed by atoms with E-state index in [-0.39, 0.29) is 29.8 Å². The fourth-order valence-corrected chi connectivity index (χ4v) is 6.94. The van der Waals surface area contributed by atoms with E-state index in [9.17, 15) is 18.0 Å². The van der Waals surface area contributed by atoms with Crippen molar-refractivity contribution in [3.63, 3.8) is 0 Å². The predicted octanol–water partition coefficient (Wildman–Crippen LogP) is 6.78. The number of anilines is 1. The van der Waals surface area contributed by atoms with Crippen molar-refractivity contribution in [1.29, 1.82) is 0 Å². The highest BCUT2D eigenvalue weighted by molar-refractivity contribution is 7.98. The topological polar surface area (TPSA) is 86.8 Å². The number of nitrogens with one attached hydrogen (secondary N) is 1. The summed E-state index contributed by atoms with van der Waals surface area (Å²) in [5.41, 5.74) is 4.09. The van der Waals surface area contributed by atoms with Crippen molar-refractivity contribution in [2.75, 3.05) is 17.1 Å². The molecule has 0 aromatic heterocycles. The number of hydrogen-bond acceptors (Lipinski definition) is 5. The largest absolute Gasteiger partial charge is 0.352 e. The molecule has 0 aliphatic carbocycles. The Bertz CT molecular complexity index is 1710. The molecule has 7 nitrogen and oxygen atoms in total. The summed E-state index contributed by atoms with van der Waals surface area (Å²) < 4.78 is 29.6. The Morgan fingerprint density at radius 3 is 2.09 bits per heavy atom. The Morgan fingerprint density at radius 2 is 1.48 bits per heavy atom. The second-order valence-electron chi connectivity index (χ2n) is 11.6. The number of amides is 2. The molecular weight excluding hydrogens is 615 g/mol. The SMILES string of the molecule is CC[C@@H](C)NC(=O)[C@H](Cc1ccccc1)N(Cc1cccc(C)c1)C(=O)CN(c1ccc(C)cc1)S(=O)(=O)c1ccc(SC)cc1. The molecule has 0 bridgehead atoms. The van der Waals surface area contributed by atoms with Crippen LogP contribution < -0.4 is 9.62 Å². The van der Waals surface area contributed by atoms with Gasteiger partial charge in [0, 0.05) is 23.9 Å². The third-order valence-electron chi connectivity index (χ3n) is 7.96. The zero-order valence-electron chi connectivity index (χ0n) is 27.1. The average Bonchev–Trinajstić information content (AvgIpc) is 3.06. The quantitative estimate of drug-likeness (QED) is 0.151. The summed E-state index contributed by atoms with van der Waals surface area (Å²) in [6.07, 6.45) is 2.92. The monoisotopic (exact) mass is 657 g/mol. The van der Waals surface area contributed by atoms with Crippen LogP contribution in [0.1, 0.15) is 42.5 Å². The highest BCUT2D eigenvalue weighted by Gasteiger charge is 2.35. The number of benzene rings is 4. The number of sulfonamides is 1. The number of carbonyl (C=O) groups is 2. The van der Waals surface area contributed by atoms with Gasteiger partial charge in [-0.25, -0.2) is 8.42 Å². The van der Waals surface area contributed by atoms with Crippen LogP contribution in [0.2, 0.25) is 0 Å². The first-order valence-electron chi connectivity index (χ1n) is 15.4. The average molecular weight is 658 g/mol. The van der Waals surface area contributed by atoms with Crippen LogP contribution in [-0.4, -0.2) is 50.0 Å². The van der Waals surface area contributed by atoms with Crippen LogP contribution in [0.25, 0.3) is 0 Å². The van der Waals surface area contributed by atoms with Gasteiger partial charge in [0.25, 0.3) is 10.0 Å². The summed E-state index contributed by atoms with van der Waals surface area (Å²) in [6.45, 7) is 7.46. The number of thioether (sulfide) groups is 1. The Balaban J connectivity index is 1.80. The lowest BCUT2D eigenvalue weighted by molar-refractivity contribution is -0.140. The fraction of sp³-hybridized carbons (Fsp3) is 0.297. The van der Waals surface area contributed by atoms with Crippen LogP contribution in [0.15, 0.2) is 113 Å². The maximum absolute atomic E-state index is 14.6. The highest BCUT2D eigenvalue weighted by atomic mass is 32.2. The van der Waals surface area contributed by atoms with Gasteiger partial charge in [-0.1, -0.05) is 84.8 Å². The first-order chi connectivity index (χ1) is 22.0. The minimum Gasteiger partial charge on any atom is -0.352 e. The van der Waals surface area contributed by atoms with Gasteiger partial charge < -0.3 is 10.2 Å². The molecule has 9 heteroatoms. The predicted molar refractivity (Wildman–Crippen MR) is 187 cm³/mol. The second-order valence-corrected chi connectivity index (χ2v) is 14.3. The number of hydrogen-bond donors (Lipinski definition) is 1. The molecule has 1 N–H and O–H groups in total. The van der Waals surface area contributed by atoms with Gasteiger partial charge in [0.05, 0.1) is 10.6 Å². The van der Waals surface area contributed by atoms with Crippen LogP contribution >= 0.6 is 11.8 Å². The normalized spacial score (nSPS) is 12.6. The lowest BCUT2D eigenvalue weighted by Gasteiger charge is -2.34. The Labute approximate surface area is 278 Å². The van der Waals surface area contributed by atoms with Gasteiger partial charge in [-0.3, -0.25) is 13.9 Å². The lowest BCUT2D eigenvalue weighted by Crippen LogP contribution is -2.54. The van der Waals surface area contributed by atoms with Crippen molar-refractivity contribution in [1.82, 2.24) is 10.2 Å². The smallest absolute Gasteiger partial charge is 0.264 e. The van der Waals surface area contributed by atoms with Crippen molar-refractivity contribution in [2.24, 2.45) is 0 Å². The van der Waals surface area contributed by atoms with Gasteiger partial charge >= 0.3 is 0 Å². The van der Waals surface area contributed by atoms with Crippen LogP contribution in [-0.2, 0) is 32.6 Å². The summed E-state index contributed by atoms with van der Waals surface area (Å²) in [5.74, 6) is -0.761. The molecule has 0 saturated heterocycles. The zero-order valence-corrected chi connectivity index (χ0v) is 28.8. The summed E-state index contributed by atoms with van der Waals surface area (Å²) in [5, 5.41) is 3.07. The third kappa shape index (κ3) is 9.01. The van der Waals surface area contributed by atoms with Gasteiger partial charge in [-0.05, 0) is 81.0 Å². The third-order valence-corrected chi connectivity index (χ3v) is 10.5. The first kappa shape index (κ1) is 34.8. The molecule has 4 aromatic carbocycles. The molecule has 0 unspecified atom stereocenters. The second kappa shape index (κ2) is 16.0. The van der Waals surface area contributed by atoms with E-state index in [1.54, 1.807) is 36.4 Å². The molecule has 0 saturated carbocycles. The van der Waals surface area contributed by atoms with Gasteiger partial charge in [-0.2, -0.15) is 0 Å². The van der Waals surface area contributed by atoms with E-state index >= 15 is 0 Å². The first-order valence-corrected chi connectivity index (χ1v) is 18.1. The maximum Gasteiger partial charge on any atom is 0.264 e. The van der Waals surface area contributed by atoms with E-state index in [2.05, 4.69) is 5.32 Å². The van der Waals surface area contributed by atoms with Crippen molar-refractivity contribution in [3.05, 3.63) is 125 Å². The molecule has 0 fully saturated rings. The Hall–Kier alpha value is -4.08. The van der Waals surface area contributed by atoms with Crippen LogP contribution in [0.5, 0.6) is 0 Å². The molecule has 0 radical (unpaired) electrons. The highest BCUT2D eigenvalue weighted by Crippen LogP contribution is 2.27. The van der Waals surface area contributed by atoms with Crippen molar-refractivity contribution >= 4 is 39.3 Å². The minimum atomic E-state index is -4.15. The molecule has 242 valence electrons. The van der Waals surface area contributed by atoms with Crippen molar-refractivity contribution in [2.45, 2.75) is 69.0 Å².